The zero-order valence-corrected chi connectivity index (χ0v) is 14.1. The summed E-state index contributed by atoms with van der Waals surface area (Å²) in [5, 5.41) is 3.10. The normalized spacial score (nSPS) is 23.7. The Balaban J connectivity index is 1.67. The highest BCUT2D eigenvalue weighted by Gasteiger charge is 2.34. The molecular formula is C17H24N2O3S. The van der Waals surface area contributed by atoms with Crippen molar-refractivity contribution >= 4 is 15.9 Å². The minimum atomic E-state index is -3.50. The summed E-state index contributed by atoms with van der Waals surface area (Å²) in [6.07, 6.45) is 5.93. The van der Waals surface area contributed by atoms with E-state index >= 15 is 0 Å². The van der Waals surface area contributed by atoms with Crippen LogP contribution in [-0.2, 0) is 14.8 Å². The molecule has 126 valence electrons. The van der Waals surface area contributed by atoms with Crippen LogP contribution in [0.4, 0.5) is 0 Å². The molecule has 1 atom stereocenters. The first kappa shape index (κ1) is 16.5. The van der Waals surface area contributed by atoms with Crippen LogP contribution in [0, 0.1) is 5.92 Å². The lowest BCUT2D eigenvalue weighted by Crippen LogP contribution is -2.47. The van der Waals surface area contributed by atoms with Gasteiger partial charge in [-0.05, 0) is 37.8 Å². The minimum absolute atomic E-state index is 0.0184. The number of sulfonamides is 1. The van der Waals surface area contributed by atoms with Gasteiger partial charge in [0.2, 0.25) is 15.9 Å². The quantitative estimate of drug-likeness (QED) is 0.916. The average Bonchev–Trinajstić information content (AvgIpc) is 3.09. The molecule has 1 saturated carbocycles. The summed E-state index contributed by atoms with van der Waals surface area (Å²) in [5.74, 6) is -0.215. The third-order valence-corrected chi connectivity index (χ3v) is 6.72. The fraction of sp³-hybridized carbons (Fsp3) is 0.588. The van der Waals surface area contributed by atoms with Gasteiger partial charge >= 0.3 is 0 Å². The van der Waals surface area contributed by atoms with Crippen LogP contribution in [0.15, 0.2) is 35.2 Å². The molecule has 1 aromatic carbocycles. The maximum absolute atomic E-state index is 12.7. The molecule has 5 nitrogen and oxygen atoms in total. The van der Waals surface area contributed by atoms with Crippen molar-refractivity contribution in [2.75, 3.05) is 13.1 Å². The van der Waals surface area contributed by atoms with Gasteiger partial charge in [0.05, 0.1) is 10.8 Å². The fourth-order valence-corrected chi connectivity index (χ4v) is 5.05. The van der Waals surface area contributed by atoms with Crippen LogP contribution in [0.3, 0.4) is 0 Å². The number of carbonyl (C=O) groups is 1. The van der Waals surface area contributed by atoms with E-state index < -0.39 is 10.0 Å². The highest BCUT2D eigenvalue weighted by Crippen LogP contribution is 2.25. The van der Waals surface area contributed by atoms with Crippen molar-refractivity contribution in [3.8, 4) is 0 Å². The number of carbonyl (C=O) groups excluding carboxylic acids is 1. The van der Waals surface area contributed by atoms with Crippen LogP contribution in [0.1, 0.15) is 38.5 Å². The first-order chi connectivity index (χ1) is 11.1. The first-order valence-corrected chi connectivity index (χ1v) is 9.87. The topological polar surface area (TPSA) is 66.5 Å². The predicted molar refractivity (Wildman–Crippen MR) is 88.3 cm³/mol. The Labute approximate surface area is 138 Å². The number of hydrogen-bond donors (Lipinski definition) is 1. The summed E-state index contributed by atoms with van der Waals surface area (Å²) in [5.41, 5.74) is 0. The molecule has 6 heteroatoms. The summed E-state index contributed by atoms with van der Waals surface area (Å²) in [6.45, 7) is 0.778. The molecule has 0 radical (unpaired) electrons. The molecule has 2 fully saturated rings. The van der Waals surface area contributed by atoms with E-state index in [2.05, 4.69) is 5.32 Å². The molecule has 3 rings (SSSR count). The molecule has 0 aromatic heterocycles. The molecule has 1 aromatic rings. The van der Waals surface area contributed by atoms with Crippen molar-refractivity contribution in [2.24, 2.45) is 5.92 Å². The van der Waals surface area contributed by atoms with Gasteiger partial charge in [-0.15, -0.1) is 0 Å². The van der Waals surface area contributed by atoms with Gasteiger partial charge in [0.15, 0.2) is 0 Å². The van der Waals surface area contributed by atoms with Gasteiger partial charge in [-0.3, -0.25) is 4.79 Å². The minimum Gasteiger partial charge on any atom is -0.353 e. The maximum atomic E-state index is 12.7. The zero-order chi connectivity index (χ0) is 16.3. The van der Waals surface area contributed by atoms with Gasteiger partial charge in [-0.1, -0.05) is 31.0 Å². The molecule has 1 aliphatic carbocycles. The molecule has 1 amide bonds. The van der Waals surface area contributed by atoms with E-state index in [4.69, 9.17) is 0 Å². The third-order valence-electron chi connectivity index (χ3n) is 4.84. The van der Waals surface area contributed by atoms with Crippen LogP contribution in [0.2, 0.25) is 0 Å². The molecule has 1 heterocycles. The van der Waals surface area contributed by atoms with Gasteiger partial charge in [0, 0.05) is 19.1 Å². The summed E-state index contributed by atoms with van der Waals surface area (Å²) in [7, 11) is -3.50. The Morgan fingerprint density at radius 3 is 2.43 bits per heavy atom. The Hall–Kier alpha value is -1.40. The van der Waals surface area contributed by atoms with Crippen molar-refractivity contribution < 1.29 is 13.2 Å². The van der Waals surface area contributed by atoms with Gasteiger partial charge in [0.1, 0.15) is 0 Å². The van der Waals surface area contributed by atoms with Crippen molar-refractivity contribution in [1.82, 2.24) is 9.62 Å². The lowest BCUT2D eigenvalue weighted by Gasteiger charge is -2.31. The van der Waals surface area contributed by atoms with Crippen LogP contribution >= 0.6 is 0 Å². The van der Waals surface area contributed by atoms with E-state index in [1.807, 2.05) is 0 Å². The average molecular weight is 336 g/mol. The Bertz CT molecular complexity index is 639. The summed E-state index contributed by atoms with van der Waals surface area (Å²) in [4.78, 5) is 12.7. The molecule has 23 heavy (non-hydrogen) atoms. The number of nitrogens with one attached hydrogen (secondary N) is 1. The Morgan fingerprint density at radius 2 is 1.74 bits per heavy atom. The number of benzene rings is 1. The number of nitrogens with zero attached hydrogens (tertiary/aromatic N) is 1. The fourth-order valence-electron chi connectivity index (χ4n) is 3.51. The Morgan fingerprint density at radius 1 is 1.04 bits per heavy atom. The van der Waals surface area contributed by atoms with E-state index in [-0.39, 0.29) is 24.4 Å². The largest absolute Gasteiger partial charge is 0.353 e. The third kappa shape index (κ3) is 3.75. The molecule has 1 N–H and O–H groups in total. The first-order valence-electron chi connectivity index (χ1n) is 8.43. The molecule has 0 spiro atoms. The van der Waals surface area contributed by atoms with Gasteiger partial charge in [0.25, 0.3) is 0 Å². The lowest BCUT2D eigenvalue weighted by atomic mass is 9.98. The van der Waals surface area contributed by atoms with E-state index in [1.54, 1.807) is 30.3 Å². The van der Waals surface area contributed by atoms with Gasteiger partial charge in [-0.25, -0.2) is 8.42 Å². The predicted octanol–water partition coefficient (Wildman–Crippen LogP) is 2.15. The molecule has 2 aliphatic rings. The van der Waals surface area contributed by atoms with E-state index in [1.165, 1.54) is 17.1 Å². The van der Waals surface area contributed by atoms with Crippen LogP contribution in [0.5, 0.6) is 0 Å². The highest BCUT2D eigenvalue weighted by molar-refractivity contribution is 7.89. The van der Waals surface area contributed by atoms with Crippen molar-refractivity contribution in [3.05, 3.63) is 30.3 Å². The second-order valence-electron chi connectivity index (χ2n) is 6.51. The Kier molecular flexibility index (Phi) is 5.02. The van der Waals surface area contributed by atoms with Crippen LogP contribution in [0.25, 0.3) is 0 Å². The van der Waals surface area contributed by atoms with E-state index in [0.29, 0.717) is 11.4 Å². The summed E-state index contributed by atoms with van der Waals surface area (Å²) < 4.78 is 26.9. The van der Waals surface area contributed by atoms with Crippen molar-refractivity contribution in [1.29, 1.82) is 0 Å². The monoisotopic (exact) mass is 336 g/mol. The molecule has 0 bridgehead atoms. The highest BCUT2D eigenvalue weighted by atomic mass is 32.2. The number of hydrogen-bond acceptors (Lipinski definition) is 3. The van der Waals surface area contributed by atoms with Crippen LogP contribution < -0.4 is 5.32 Å². The number of amides is 1. The van der Waals surface area contributed by atoms with Crippen LogP contribution in [-0.4, -0.2) is 37.8 Å². The molecule has 0 unspecified atom stereocenters. The summed E-state index contributed by atoms with van der Waals surface area (Å²) >= 11 is 0. The smallest absolute Gasteiger partial charge is 0.243 e. The maximum Gasteiger partial charge on any atom is 0.243 e. The van der Waals surface area contributed by atoms with Gasteiger partial charge < -0.3 is 5.32 Å². The zero-order valence-electron chi connectivity index (χ0n) is 13.3. The summed E-state index contributed by atoms with van der Waals surface area (Å²) in [6, 6.07) is 8.74. The van der Waals surface area contributed by atoms with Crippen molar-refractivity contribution in [2.45, 2.75) is 49.5 Å². The van der Waals surface area contributed by atoms with Gasteiger partial charge in [-0.2, -0.15) is 4.31 Å². The SMILES string of the molecule is O=C(NC1CCCC1)[C@@H]1CCCN(S(=O)(=O)c2ccccc2)C1. The standard InChI is InChI=1S/C17H24N2O3S/c20-17(18-15-8-4-5-9-15)14-7-6-12-19(13-14)23(21,22)16-10-2-1-3-11-16/h1-3,10-11,14-15H,4-9,12-13H2,(H,18,20)/t14-/m1/s1. The lowest BCUT2D eigenvalue weighted by molar-refractivity contribution is -0.126. The number of rotatable bonds is 4. The number of piperidine rings is 1. The van der Waals surface area contributed by atoms with Crippen molar-refractivity contribution in [3.63, 3.8) is 0 Å². The van der Waals surface area contributed by atoms with E-state index in [9.17, 15) is 13.2 Å². The molecule has 1 saturated heterocycles. The second-order valence-corrected chi connectivity index (χ2v) is 8.44. The second kappa shape index (κ2) is 7.01. The molecule has 1 aliphatic heterocycles. The molecular weight excluding hydrogens is 312 g/mol. The van der Waals surface area contributed by atoms with E-state index in [0.717, 1.165) is 25.7 Å².